The van der Waals surface area contributed by atoms with Crippen LogP contribution in [0, 0.1) is 6.92 Å². The van der Waals surface area contributed by atoms with Crippen LogP contribution in [0.15, 0.2) is 6.07 Å². The maximum absolute atomic E-state index is 11.7. The lowest BCUT2D eigenvalue weighted by Gasteiger charge is -2.34. The summed E-state index contributed by atoms with van der Waals surface area (Å²) in [5.41, 5.74) is 0.905. The van der Waals surface area contributed by atoms with Crippen LogP contribution >= 0.6 is 11.6 Å². The molecule has 0 spiro atoms. The Morgan fingerprint density at radius 1 is 1.63 bits per heavy atom. The Morgan fingerprint density at radius 2 is 2.37 bits per heavy atom. The molecule has 5 nitrogen and oxygen atoms in total. The second kappa shape index (κ2) is 5.75. The maximum atomic E-state index is 11.7. The third-order valence-corrected chi connectivity index (χ3v) is 3.63. The second-order valence-corrected chi connectivity index (χ2v) is 4.95. The summed E-state index contributed by atoms with van der Waals surface area (Å²) in [7, 11) is 1.33. The number of ether oxygens (including phenoxy) is 2. The summed E-state index contributed by atoms with van der Waals surface area (Å²) in [6.07, 6.45) is 0. The smallest absolute Gasteiger partial charge is 0.357 e. The lowest BCUT2D eigenvalue weighted by atomic mass is 10.2. The van der Waals surface area contributed by atoms with Crippen molar-refractivity contribution in [1.82, 2.24) is 4.98 Å². The van der Waals surface area contributed by atoms with E-state index < -0.39 is 5.97 Å². The van der Waals surface area contributed by atoms with Gasteiger partial charge in [0.15, 0.2) is 5.69 Å². The van der Waals surface area contributed by atoms with E-state index in [-0.39, 0.29) is 11.7 Å². The maximum Gasteiger partial charge on any atom is 0.357 e. The molecule has 1 fully saturated rings. The summed E-state index contributed by atoms with van der Waals surface area (Å²) in [4.78, 5) is 18.2. The molecule has 19 heavy (non-hydrogen) atoms. The Balaban J connectivity index is 2.41. The van der Waals surface area contributed by atoms with Crippen LogP contribution in [-0.2, 0) is 9.47 Å². The molecule has 0 aromatic carbocycles. The van der Waals surface area contributed by atoms with Crippen LogP contribution < -0.4 is 4.90 Å². The highest BCUT2D eigenvalue weighted by molar-refractivity contribution is 6.32. The van der Waals surface area contributed by atoms with Gasteiger partial charge in [-0.2, -0.15) is 0 Å². The van der Waals surface area contributed by atoms with E-state index >= 15 is 0 Å². The van der Waals surface area contributed by atoms with Gasteiger partial charge in [0, 0.05) is 17.1 Å². The molecule has 6 heteroatoms. The van der Waals surface area contributed by atoms with Crippen molar-refractivity contribution >= 4 is 23.4 Å². The summed E-state index contributed by atoms with van der Waals surface area (Å²) < 4.78 is 10.1. The topological polar surface area (TPSA) is 51.7 Å². The Bertz CT molecular complexity index is 493. The van der Waals surface area contributed by atoms with E-state index in [0.29, 0.717) is 29.6 Å². The number of nitrogens with zero attached hydrogens (tertiary/aromatic N) is 2. The molecule has 1 saturated heterocycles. The van der Waals surface area contributed by atoms with Gasteiger partial charge in [-0.1, -0.05) is 11.6 Å². The van der Waals surface area contributed by atoms with Gasteiger partial charge in [0.2, 0.25) is 0 Å². The van der Waals surface area contributed by atoms with Gasteiger partial charge in [-0.05, 0) is 19.9 Å². The molecule has 1 atom stereocenters. The fraction of sp³-hybridized carbons (Fsp3) is 0.538. The van der Waals surface area contributed by atoms with Crippen LogP contribution in [0.25, 0.3) is 0 Å². The van der Waals surface area contributed by atoms with Gasteiger partial charge in [-0.15, -0.1) is 0 Å². The van der Waals surface area contributed by atoms with Gasteiger partial charge in [0.1, 0.15) is 5.82 Å². The quantitative estimate of drug-likeness (QED) is 0.778. The summed E-state index contributed by atoms with van der Waals surface area (Å²) in [6.45, 7) is 5.82. The zero-order valence-corrected chi connectivity index (χ0v) is 12.0. The number of hydrogen-bond donors (Lipinski definition) is 0. The number of esters is 1. The van der Waals surface area contributed by atoms with Crippen molar-refractivity contribution in [3.05, 3.63) is 22.3 Å². The molecule has 0 saturated carbocycles. The summed E-state index contributed by atoms with van der Waals surface area (Å²) in [5.74, 6) is 0.217. The van der Waals surface area contributed by atoms with Gasteiger partial charge in [-0.3, -0.25) is 0 Å². The Morgan fingerprint density at radius 3 is 3.00 bits per heavy atom. The molecule has 0 aliphatic carbocycles. The molecule has 2 rings (SSSR count). The predicted molar refractivity (Wildman–Crippen MR) is 73.0 cm³/mol. The molecule has 2 heterocycles. The van der Waals surface area contributed by atoms with Crippen molar-refractivity contribution in [2.75, 3.05) is 31.8 Å². The first kappa shape index (κ1) is 14.1. The minimum atomic E-state index is -0.470. The molecular formula is C13H17ClN2O3. The van der Waals surface area contributed by atoms with E-state index in [9.17, 15) is 4.79 Å². The number of methoxy groups -OCH3 is 1. The number of aromatic nitrogens is 1. The molecule has 0 radical (unpaired) electrons. The molecule has 0 unspecified atom stereocenters. The largest absolute Gasteiger partial charge is 0.464 e. The molecule has 0 bridgehead atoms. The van der Waals surface area contributed by atoms with Crippen molar-refractivity contribution < 1.29 is 14.3 Å². The summed E-state index contributed by atoms with van der Waals surface area (Å²) in [5, 5.41) is 0.518. The number of pyridine rings is 1. The number of anilines is 1. The van der Waals surface area contributed by atoms with Crippen LogP contribution in [0.4, 0.5) is 5.82 Å². The van der Waals surface area contributed by atoms with Gasteiger partial charge in [0.05, 0.1) is 26.4 Å². The fourth-order valence-corrected chi connectivity index (χ4v) is 2.26. The van der Waals surface area contributed by atoms with E-state index in [1.54, 1.807) is 13.0 Å². The summed E-state index contributed by atoms with van der Waals surface area (Å²) in [6, 6.07) is 1.98. The SMILES string of the molecule is COC(=O)c1nc(N2CCOC[C@H]2C)cc(Cl)c1C. The van der Waals surface area contributed by atoms with E-state index in [2.05, 4.69) is 9.88 Å². The van der Waals surface area contributed by atoms with E-state index in [1.165, 1.54) is 7.11 Å². The normalized spacial score (nSPS) is 19.4. The minimum Gasteiger partial charge on any atom is -0.464 e. The number of hydrogen-bond acceptors (Lipinski definition) is 5. The average Bonchev–Trinajstić information content (AvgIpc) is 2.41. The second-order valence-electron chi connectivity index (χ2n) is 4.54. The minimum absolute atomic E-state index is 0.200. The molecular weight excluding hydrogens is 268 g/mol. The lowest BCUT2D eigenvalue weighted by Crippen LogP contribution is -2.44. The van der Waals surface area contributed by atoms with E-state index in [0.717, 1.165) is 6.54 Å². The van der Waals surface area contributed by atoms with Crippen molar-refractivity contribution in [1.29, 1.82) is 0 Å². The molecule has 0 amide bonds. The van der Waals surface area contributed by atoms with Crippen molar-refractivity contribution in [2.24, 2.45) is 0 Å². The molecule has 1 aliphatic heterocycles. The number of carbonyl (C=O) groups is 1. The van der Waals surface area contributed by atoms with Crippen LogP contribution in [0.2, 0.25) is 5.02 Å². The first-order valence-electron chi connectivity index (χ1n) is 6.14. The molecule has 104 valence electrons. The highest BCUT2D eigenvalue weighted by Gasteiger charge is 2.23. The third-order valence-electron chi connectivity index (χ3n) is 3.24. The standard InChI is InChI=1S/C13H17ClN2O3/c1-8-7-19-5-4-16(8)11-6-10(14)9(2)12(15-11)13(17)18-3/h6,8H,4-5,7H2,1-3H3/t8-/m1/s1. The Labute approximate surface area is 117 Å². The number of rotatable bonds is 2. The lowest BCUT2D eigenvalue weighted by molar-refractivity contribution is 0.0593. The zero-order chi connectivity index (χ0) is 14.0. The highest BCUT2D eigenvalue weighted by Crippen LogP contribution is 2.26. The van der Waals surface area contributed by atoms with Crippen molar-refractivity contribution in [3.8, 4) is 0 Å². The van der Waals surface area contributed by atoms with Crippen LogP contribution in [0.1, 0.15) is 23.0 Å². The van der Waals surface area contributed by atoms with E-state index in [4.69, 9.17) is 21.1 Å². The predicted octanol–water partition coefficient (Wildman–Crippen LogP) is 2.06. The van der Waals surface area contributed by atoms with Gasteiger partial charge >= 0.3 is 5.97 Å². The van der Waals surface area contributed by atoms with Gasteiger partial charge in [-0.25, -0.2) is 9.78 Å². The average molecular weight is 285 g/mol. The first-order valence-corrected chi connectivity index (χ1v) is 6.52. The monoisotopic (exact) mass is 284 g/mol. The zero-order valence-electron chi connectivity index (χ0n) is 11.3. The van der Waals surface area contributed by atoms with Crippen LogP contribution in [-0.4, -0.2) is 43.9 Å². The molecule has 0 N–H and O–H groups in total. The Kier molecular flexibility index (Phi) is 4.27. The van der Waals surface area contributed by atoms with Gasteiger partial charge in [0.25, 0.3) is 0 Å². The van der Waals surface area contributed by atoms with Crippen molar-refractivity contribution in [2.45, 2.75) is 19.9 Å². The Hall–Kier alpha value is -1.33. The molecule has 1 aromatic rings. The number of carbonyl (C=O) groups excluding carboxylic acids is 1. The number of morpholine rings is 1. The third kappa shape index (κ3) is 2.82. The van der Waals surface area contributed by atoms with Crippen molar-refractivity contribution in [3.63, 3.8) is 0 Å². The van der Waals surface area contributed by atoms with Crippen LogP contribution in [0.5, 0.6) is 0 Å². The number of halogens is 1. The van der Waals surface area contributed by atoms with Gasteiger partial charge < -0.3 is 14.4 Å². The summed E-state index contributed by atoms with van der Waals surface area (Å²) >= 11 is 6.18. The molecule has 1 aromatic heterocycles. The fourth-order valence-electron chi connectivity index (χ4n) is 2.08. The highest BCUT2D eigenvalue weighted by atomic mass is 35.5. The molecule has 1 aliphatic rings. The first-order chi connectivity index (χ1) is 9.04. The van der Waals surface area contributed by atoms with Crippen LogP contribution in [0.3, 0.4) is 0 Å². The van der Waals surface area contributed by atoms with E-state index in [1.807, 2.05) is 6.92 Å².